The molecule has 62 valence electrons. The monoisotopic (exact) mass is 170 g/mol. The van der Waals surface area contributed by atoms with Crippen molar-refractivity contribution in [1.82, 2.24) is 0 Å². The van der Waals surface area contributed by atoms with E-state index in [1.807, 2.05) is 0 Å². The van der Waals surface area contributed by atoms with Crippen LogP contribution in [0.5, 0.6) is 0 Å². The summed E-state index contributed by atoms with van der Waals surface area (Å²) < 4.78 is 0. The Morgan fingerprint density at radius 3 is 2.55 bits per heavy atom. The summed E-state index contributed by atoms with van der Waals surface area (Å²) in [6.07, 6.45) is 7.78. The Kier molecular flexibility index (Phi) is 3.70. The Labute approximate surface area is 72.2 Å². The molecule has 0 aliphatic heterocycles. The highest BCUT2D eigenvalue weighted by Gasteiger charge is 2.15. The summed E-state index contributed by atoms with van der Waals surface area (Å²) in [5.41, 5.74) is 0. The van der Waals surface area contributed by atoms with E-state index in [1.165, 1.54) is 49.9 Å². The fourth-order valence-corrected chi connectivity index (χ4v) is 2.39. The first-order chi connectivity index (χ1) is 5.33. The first kappa shape index (κ1) is 8.85. The highest BCUT2D eigenvalue weighted by molar-refractivity contribution is 8.14. The lowest BCUT2D eigenvalue weighted by molar-refractivity contribution is -0.107. The van der Waals surface area contributed by atoms with Crippen LogP contribution in [-0.2, 0) is 4.79 Å². The molecule has 1 aliphatic rings. The van der Waals surface area contributed by atoms with Crippen LogP contribution < -0.4 is 0 Å². The molecule has 1 rings (SSSR count). The molecule has 0 aromatic carbocycles. The average molecular weight is 170 g/mol. The summed E-state index contributed by atoms with van der Waals surface area (Å²) in [6, 6.07) is 0. The van der Waals surface area contributed by atoms with Gasteiger partial charge in [0.25, 0.3) is 0 Å². The number of hydrogen-bond donors (Lipinski definition) is 0. The van der Waals surface area contributed by atoms with Gasteiger partial charge in [0.05, 0.1) is 0 Å². The summed E-state index contributed by atoms with van der Waals surface area (Å²) in [4.78, 5) is 10.9. The maximum atomic E-state index is 10.9. The van der Waals surface area contributed by atoms with Crippen LogP contribution in [0.1, 0.15) is 32.1 Å². The van der Waals surface area contributed by atoms with Crippen molar-refractivity contribution in [2.75, 3.05) is 0 Å². The van der Waals surface area contributed by atoms with Crippen molar-refractivity contribution < 1.29 is 4.79 Å². The van der Waals surface area contributed by atoms with E-state index >= 15 is 0 Å². The second kappa shape index (κ2) is 4.60. The Morgan fingerprint density at radius 2 is 2.00 bits per heavy atom. The minimum atomic E-state index is 0.136. The largest absolute Gasteiger partial charge is 0.282 e. The van der Waals surface area contributed by atoms with E-state index in [1.54, 1.807) is 0 Å². The third-order valence-electron chi connectivity index (χ3n) is 2.00. The molecule has 0 amide bonds. The van der Waals surface area contributed by atoms with E-state index in [-0.39, 0.29) is 5.12 Å². The van der Waals surface area contributed by atoms with Gasteiger partial charge in [-0.05, 0) is 18.9 Å². The molecular formula is C9H14OS. The standard InChI is InChI=1S/C9H14OS/c1-2-9(10)11-8-6-4-3-5-7-8/h2,8H,1,3-7H2. The van der Waals surface area contributed by atoms with Crippen LogP contribution in [0.2, 0.25) is 0 Å². The predicted molar refractivity (Wildman–Crippen MR) is 49.7 cm³/mol. The molecule has 0 saturated heterocycles. The Hall–Kier alpha value is -0.240. The molecule has 1 fully saturated rings. The minimum absolute atomic E-state index is 0.136. The SMILES string of the molecule is C=CC(=O)SC1CCCCC1. The van der Waals surface area contributed by atoms with Crippen molar-refractivity contribution in [1.29, 1.82) is 0 Å². The maximum absolute atomic E-state index is 10.9. The van der Waals surface area contributed by atoms with Gasteiger partial charge < -0.3 is 0 Å². The van der Waals surface area contributed by atoms with Crippen LogP contribution >= 0.6 is 11.8 Å². The summed E-state index contributed by atoms with van der Waals surface area (Å²) in [5.74, 6) is 0. The van der Waals surface area contributed by atoms with Crippen molar-refractivity contribution >= 4 is 16.9 Å². The second-order valence-electron chi connectivity index (χ2n) is 2.90. The Balaban J connectivity index is 2.24. The van der Waals surface area contributed by atoms with Crippen molar-refractivity contribution in [2.45, 2.75) is 37.4 Å². The molecule has 0 bridgehead atoms. The molecule has 1 saturated carbocycles. The second-order valence-corrected chi connectivity index (χ2v) is 4.21. The number of rotatable bonds is 2. The summed E-state index contributed by atoms with van der Waals surface area (Å²) in [5, 5.41) is 0.714. The van der Waals surface area contributed by atoms with Gasteiger partial charge in [0.1, 0.15) is 0 Å². The van der Waals surface area contributed by atoms with E-state index in [0.29, 0.717) is 5.25 Å². The van der Waals surface area contributed by atoms with E-state index in [0.717, 1.165) is 0 Å². The number of carbonyl (C=O) groups excluding carboxylic acids is 1. The van der Waals surface area contributed by atoms with Crippen molar-refractivity contribution in [3.63, 3.8) is 0 Å². The molecule has 11 heavy (non-hydrogen) atoms. The maximum Gasteiger partial charge on any atom is 0.211 e. The topological polar surface area (TPSA) is 17.1 Å². The van der Waals surface area contributed by atoms with Gasteiger partial charge in [0.15, 0.2) is 0 Å². The van der Waals surface area contributed by atoms with Crippen molar-refractivity contribution in [3.8, 4) is 0 Å². The zero-order valence-electron chi connectivity index (χ0n) is 6.71. The molecule has 1 aliphatic carbocycles. The minimum Gasteiger partial charge on any atom is -0.282 e. The van der Waals surface area contributed by atoms with Crippen molar-refractivity contribution in [2.24, 2.45) is 0 Å². The third-order valence-corrected chi connectivity index (χ3v) is 3.21. The molecule has 0 spiro atoms. The van der Waals surface area contributed by atoms with Crippen LogP contribution in [0.15, 0.2) is 12.7 Å². The van der Waals surface area contributed by atoms with E-state index < -0.39 is 0 Å². The Bertz CT molecular complexity index is 148. The molecule has 0 atom stereocenters. The summed E-state index contributed by atoms with van der Waals surface area (Å²) in [6.45, 7) is 3.46. The molecule has 0 N–H and O–H groups in total. The molecule has 0 aromatic heterocycles. The quantitative estimate of drug-likeness (QED) is 0.593. The number of hydrogen-bond acceptors (Lipinski definition) is 2. The molecule has 0 aromatic rings. The fraction of sp³-hybridized carbons (Fsp3) is 0.667. The molecule has 1 nitrogen and oxygen atoms in total. The molecule has 2 heteroatoms. The lowest BCUT2D eigenvalue weighted by Gasteiger charge is -2.19. The van der Waals surface area contributed by atoms with Gasteiger partial charge in [-0.15, -0.1) is 0 Å². The van der Waals surface area contributed by atoms with Gasteiger partial charge >= 0.3 is 0 Å². The molecule has 0 heterocycles. The van der Waals surface area contributed by atoms with Gasteiger partial charge in [-0.3, -0.25) is 4.79 Å². The van der Waals surface area contributed by atoms with Crippen LogP contribution in [0, 0.1) is 0 Å². The zero-order chi connectivity index (χ0) is 8.10. The van der Waals surface area contributed by atoms with E-state index in [2.05, 4.69) is 6.58 Å². The summed E-state index contributed by atoms with van der Waals surface area (Å²) >= 11 is 1.46. The number of thioether (sulfide) groups is 1. The van der Waals surface area contributed by atoms with Crippen LogP contribution in [0.3, 0.4) is 0 Å². The molecular weight excluding hydrogens is 156 g/mol. The van der Waals surface area contributed by atoms with Crippen LogP contribution in [-0.4, -0.2) is 10.4 Å². The van der Waals surface area contributed by atoms with Gasteiger partial charge in [-0.25, -0.2) is 0 Å². The van der Waals surface area contributed by atoms with Gasteiger partial charge in [0, 0.05) is 5.25 Å². The van der Waals surface area contributed by atoms with Gasteiger partial charge in [0.2, 0.25) is 5.12 Å². The fourth-order valence-electron chi connectivity index (χ4n) is 1.40. The third kappa shape index (κ3) is 3.10. The molecule has 0 unspecified atom stereocenters. The molecule has 0 radical (unpaired) electrons. The lowest BCUT2D eigenvalue weighted by atomic mass is 10.0. The predicted octanol–water partition coefficient (Wildman–Crippen LogP) is 2.76. The zero-order valence-corrected chi connectivity index (χ0v) is 7.53. The van der Waals surface area contributed by atoms with E-state index in [4.69, 9.17) is 0 Å². The first-order valence-corrected chi connectivity index (χ1v) is 5.04. The summed E-state index contributed by atoms with van der Waals surface area (Å²) in [7, 11) is 0. The first-order valence-electron chi connectivity index (χ1n) is 4.16. The average Bonchev–Trinajstić information content (AvgIpc) is 2.06. The van der Waals surface area contributed by atoms with Crippen LogP contribution in [0.25, 0.3) is 0 Å². The number of carbonyl (C=O) groups is 1. The highest BCUT2D eigenvalue weighted by atomic mass is 32.2. The van der Waals surface area contributed by atoms with Gasteiger partial charge in [-0.1, -0.05) is 37.6 Å². The van der Waals surface area contributed by atoms with Crippen molar-refractivity contribution in [3.05, 3.63) is 12.7 Å². The van der Waals surface area contributed by atoms with Gasteiger partial charge in [-0.2, -0.15) is 0 Å². The van der Waals surface area contributed by atoms with Crippen LogP contribution in [0.4, 0.5) is 0 Å². The smallest absolute Gasteiger partial charge is 0.211 e. The highest BCUT2D eigenvalue weighted by Crippen LogP contribution is 2.28. The lowest BCUT2D eigenvalue weighted by Crippen LogP contribution is -2.09. The normalized spacial score (nSPS) is 19.6. The van der Waals surface area contributed by atoms with E-state index in [9.17, 15) is 4.79 Å². The Morgan fingerprint density at radius 1 is 1.36 bits per heavy atom.